The van der Waals surface area contributed by atoms with E-state index in [1.165, 1.54) is 11.4 Å². The second kappa shape index (κ2) is 4.66. The molecule has 9 heteroatoms. The summed E-state index contributed by atoms with van der Waals surface area (Å²) in [7, 11) is 0. The van der Waals surface area contributed by atoms with Crippen molar-refractivity contribution in [3.63, 3.8) is 0 Å². The van der Waals surface area contributed by atoms with E-state index >= 15 is 0 Å². The summed E-state index contributed by atoms with van der Waals surface area (Å²) in [5.74, 6) is -3.62. The summed E-state index contributed by atoms with van der Waals surface area (Å²) in [6.45, 7) is 0. The number of halogens is 7. The van der Waals surface area contributed by atoms with Gasteiger partial charge in [-0.3, -0.25) is 0 Å². The minimum atomic E-state index is -5.47. The highest BCUT2D eigenvalue weighted by Crippen LogP contribution is 2.47. The Morgan fingerprint density at radius 1 is 1.12 bits per heavy atom. The zero-order valence-electron chi connectivity index (χ0n) is 7.94. The van der Waals surface area contributed by atoms with Crippen molar-refractivity contribution in [3.8, 4) is 0 Å². The molecule has 0 amide bonds. The van der Waals surface area contributed by atoms with Gasteiger partial charge in [-0.05, 0) is 11.4 Å². The molecule has 1 atom stereocenters. The van der Waals surface area contributed by atoms with Gasteiger partial charge in [-0.25, -0.2) is 0 Å². The van der Waals surface area contributed by atoms with E-state index in [1.54, 1.807) is 0 Å². The first-order valence-electron chi connectivity index (χ1n) is 4.17. The van der Waals surface area contributed by atoms with Crippen molar-refractivity contribution in [3.05, 3.63) is 21.3 Å². The van der Waals surface area contributed by atoms with E-state index < -0.39 is 24.3 Å². The minimum absolute atomic E-state index is 0.194. The number of nitrogens with two attached hydrogens (primary N) is 1. The van der Waals surface area contributed by atoms with Crippen molar-refractivity contribution in [2.24, 2.45) is 11.7 Å². The van der Waals surface area contributed by atoms with Crippen molar-refractivity contribution >= 4 is 22.9 Å². The largest absolute Gasteiger partial charge is 0.402 e. The first kappa shape index (κ1) is 14.6. The molecule has 1 unspecified atom stereocenters. The summed E-state index contributed by atoms with van der Waals surface area (Å²) < 4.78 is 74.1. The van der Waals surface area contributed by atoms with Gasteiger partial charge in [-0.2, -0.15) is 26.3 Å². The smallest absolute Gasteiger partial charge is 0.322 e. The predicted molar refractivity (Wildman–Crippen MR) is 51.9 cm³/mol. The van der Waals surface area contributed by atoms with Crippen molar-refractivity contribution in [1.29, 1.82) is 0 Å². The molecule has 0 fully saturated rings. The maximum Gasteiger partial charge on any atom is 0.402 e. The molecule has 1 aromatic rings. The molecule has 0 saturated carbocycles. The Balaban J connectivity index is 3.13. The van der Waals surface area contributed by atoms with Crippen LogP contribution in [0.1, 0.15) is 10.9 Å². The Labute approximate surface area is 101 Å². The summed E-state index contributed by atoms with van der Waals surface area (Å²) in [5, 5.41) is 1.09. The molecule has 1 aromatic heterocycles. The first-order valence-corrected chi connectivity index (χ1v) is 5.43. The summed E-state index contributed by atoms with van der Waals surface area (Å²) in [6.07, 6.45) is -10.9. The Kier molecular flexibility index (Phi) is 4.00. The van der Waals surface area contributed by atoms with Gasteiger partial charge in [-0.1, -0.05) is 11.6 Å². The van der Waals surface area contributed by atoms with Crippen LogP contribution in [0.5, 0.6) is 0 Å². The molecular formula is C8H6ClF6NS. The van der Waals surface area contributed by atoms with Crippen molar-refractivity contribution < 1.29 is 26.3 Å². The fourth-order valence-corrected chi connectivity index (χ4v) is 2.51. The van der Waals surface area contributed by atoms with Crippen molar-refractivity contribution in [2.45, 2.75) is 18.4 Å². The van der Waals surface area contributed by atoms with Gasteiger partial charge in [0.15, 0.2) is 5.92 Å². The van der Waals surface area contributed by atoms with E-state index in [1.807, 2.05) is 0 Å². The van der Waals surface area contributed by atoms with E-state index in [0.717, 1.165) is 0 Å². The minimum Gasteiger partial charge on any atom is -0.322 e. The van der Waals surface area contributed by atoms with Crippen molar-refractivity contribution in [2.75, 3.05) is 0 Å². The third kappa shape index (κ3) is 3.26. The van der Waals surface area contributed by atoms with Crippen LogP contribution in [0.4, 0.5) is 26.3 Å². The van der Waals surface area contributed by atoms with Crippen LogP contribution in [0.15, 0.2) is 11.4 Å². The number of hydrogen-bond acceptors (Lipinski definition) is 2. The molecule has 2 N–H and O–H groups in total. The van der Waals surface area contributed by atoms with E-state index in [2.05, 4.69) is 0 Å². The van der Waals surface area contributed by atoms with Gasteiger partial charge in [0.25, 0.3) is 0 Å². The molecule has 17 heavy (non-hydrogen) atoms. The number of alkyl halides is 6. The molecular weight excluding hydrogens is 292 g/mol. The average Bonchev–Trinajstić information content (AvgIpc) is 2.45. The lowest BCUT2D eigenvalue weighted by molar-refractivity contribution is -0.290. The van der Waals surface area contributed by atoms with Crippen LogP contribution in [0, 0.1) is 5.92 Å². The maximum atomic E-state index is 12.4. The number of thiophene rings is 1. The molecule has 1 nitrogen and oxygen atoms in total. The SMILES string of the molecule is NC(c1sccc1Cl)C(C(F)(F)F)C(F)(F)F. The van der Waals surface area contributed by atoms with Crippen LogP contribution >= 0.6 is 22.9 Å². The highest BCUT2D eigenvalue weighted by molar-refractivity contribution is 7.10. The Morgan fingerprint density at radius 2 is 1.59 bits per heavy atom. The number of rotatable bonds is 2. The van der Waals surface area contributed by atoms with Crippen LogP contribution < -0.4 is 5.73 Å². The van der Waals surface area contributed by atoms with Crippen molar-refractivity contribution in [1.82, 2.24) is 0 Å². The summed E-state index contributed by atoms with van der Waals surface area (Å²) in [4.78, 5) is -0.327. The Bertz CT molecular complexity index is 370. The van der Waals surface area contributed by atoms with Crippen LogP contribution in [-0.2, 0) is 0 Å². The molecule has 0 bridgehead atoms. The van der Waals surface area contributed by atoms with Gasteiger partial charge in [-0.15, -0.1) is 11.3 Å². The summed E-state index contributed by atoms with van der Waals surface area (Å²) in [5.41, 5.74) is 5.04. The van der Waals surface area contributed by atoms with Gasteiger partial charge < -0.3 is 5.73 Å². The van der Waals surface area contributed by atoms with Crippen LogP contribution in [-0.4, -0.2) is 12.4 Å². The van der Waals surface area contributed by atoms with Gasteiger partial charge in [0, 0.05) is 4.88 Å². The third-order valence-corrected chi connectivity index (χ3v) is 3.47. The molecule has 98 valence electrons. The molecule has 1 heterocycles. The summed E-state index contributed by atoms with van der Waals surface area (Å²) >= 11 is 6.14. The van der Waals surface area contributed by atoms with E-state index in [0.29, 0.717) is 11.3 Å². The topological polar surface area (TPSA) is 26.0 Å². The zero-order valence-corrected chi connectivity index (χ0v) is 9.51. The normalized spacial score (nSPS) is 15.4. The predicted octanol–water partition coefficient (Wildman–Crippen LogP) is 4.14. The average molecular weight is 298 g/mol. The van der Waals surface area contributed by atoms with Gasteiger partial charge in [0.1, 0.15) is 0 Å². The van der Waals surface area contributed by atoms with Gasteiger partial charge >= 0.3 is 12.4 Å². The Morgan fingerprint density at radius 3 is 1.88 bits per heavy atom. The second-order valence-electron chi connectivity index (χ2n) is 3.22. The van der Waals surface area contributed by atoms with E-state index in [9.17, 15) is 26.3 Å². The highest BCUT2D eigenvalue weighted by atomic mass is 35.5. The standard InChI is InChI=1S/C8H6ClF6NS/c9-3-1-2-17-5(3)4(16)6(7(10,11)12)8(13,14)15/h1-2,4,6H,16H2. The fraction of sp³-hybridized carbons (Fsp3) is 0.500. The lowest BCUT2D eigenvalue weighted by Gasteiger charge is -2.27. The second-order valence-corrected chi connectivity index (χ2v) is 4.57. The molecule has 0 aliphatic heterocycles. The van der Waals surface area contributed by atoms with Gasteiger partial charge in [0.2, 0.25) is 0 Å². The molecule has 0 spiro atoms. The first-order chi connectivity index (χ1) is 7.55. The van der Waals surface area contributed by atoms with Crippen LogP contribution in [0.2, 0.25) is 5.02 Å². The zero-order chi connectivity index (χ0) is 13.4. The maximum absolute atomic E-state index is 12.4. The molecule has 0 aliphatic carbocycles. The number of hydrogen-bond donors (Lipinski definition) is 1. The third-order valence-electron chi connectivity index (χ3n) is 2.01. The van der Waals surface area contributed by atoms with Gasteiger partial charge in [0.05, 0.1) is 11.1 Å². The molecule has 0 radical (unpaired) electrons. The van der Waals surface area contributed by atoms with Crippen LogP contribution in [0.3, 0.4) is 0 Å². The van der Waals surface area contributed by atoms with E-state index in [4.69, 9.17) is 17.3 Å². The highest BCUT2D eigenvalue weighted by Gasteiger charge is 2.60. The molecule has 0 saturated heterocycles. The molecule has 0 aromatic carbocycles. The quantitative estimate of drug-likeness (QED) is 0.816. The van der Waals surface area contributed by atoms with Crippen LogP contribution in [0.25, 0.3) is 0 Å². The lowest BCUT2D eigenvalue weighted by atomic mass is 9.98. The molecule has 0 aliphatic rings. The fourth-order valence-electron chi connectivity index (χ4n) is 1.29. The monoisotopic (exact) mass is 297 g/mol. The lowest BCUT2D eigenvalue weighted by Crippen LogP contribution is -2.43. The Hall–Kier alpha value is -0.470. The molecule has 1 rings (SSSR count). The van der Waals surface area contributed by atoms with E-state index in [-0.39, 0.29) is 9.90 Å². The summed E-state index contributed by atoms with van der Waals surface area (Å²) in [6, 6.07) is -1.05.